The standard InChI is InChI=1S/C16H22ClNO3/c1-11(21-15-8-4-13(17)5-9-15)10-18-14-6-2-12(3-7-14)16(19)20/h4-5,8-9,11-12,14,18H,2-3,6-7,10H2,1H3,(H,19,20). The summed E-state index contributed by atoms with van der Waals surface area (Å²) in [5.74, 6) is -0.0121. The molecule has 21 heavy (non-hydrogen) atoms. The summed E-state index contributed by atoms with van der Waals surface area (Å²) >= 11 is 5.84. The van der Waals surface area contributed by atoms with Crippen molar-refractivity contribution in [2.24, 2.45) is 5.92 Å². The van der Waals surface area contributed by atoms with Crippen molar-refractivity contribution < 1.29 is 14.6 Å². The van der Waals surface area contributed by atoms with Gasteiger partial charge in [-0.1, -0.05) is 11.6 Å². The van der Waals surface area contributed by atoms with Crippen LogP contribution < -0.4 is 10.1 Å². The van der Waals surface area contributed by atoms with Gasteiger partial charge in [0.1, 0.15) is 11.9 Å². The van der Waals surface area contributed by atoms with Crippen molar-refractivity contribution in [1.29, 1.82) is 0 Å². The van der Waals surface area contributed by atoms with Gasteiger partial charge in [0, 0.05) is 17.6 Å². The average Bonchev–Trinajstić information content (AvgIpc) is 2.48. The molecule has 0 bridgehead atoms. The van der Waals surface area contributed by atoms with E-state index in [1.807, 2.05) is 31.2 Å². The van der Waals surface area contributed by atoms with Gasteiger partial charge in [0.05, 0.1) is 5.92 Å². The molecule has 0 aliphatic heterocycles. The largest absolute Gasteiger partial charge is 0.489 e. The minimum absolute atomic E-state index is 0.0587. The van der Waals surface area contributed by atoms with Crippen LogP contribution in [-0.2, 0) is 4.79 Å². The van der Waals surface area contributed by atoms with Crippen molar-refractivity contribution in [3.63, 3.8) is 0 Å². The van der Waals surface area contributed by atoms with Crippen molar-refractivity contribution in [3.8, 4) is 5.75 Å². The van der Waals surface area contributed by atoms with E-state index in [1.54, 1.807) is 0 Å². The molecule has 2 N–H and O–H groups in total. The van der Waals surface area contributed by atoms with Crippen LogP contribution in [0, 0.1) is 5.92 Å². The lowest BCUT2D eigenvalue weighted by molar-refractivity contribution is -0.142. The van der Waals surface area contributed by atoms with E-state index >= 15 is 0 Å². The van der Waals surface area contributed by atoms with Crippen LogP contribution in [0.5, 0.6) is 5.75 Å². The Hall–Kier alpha value is -1.26. The molecular weight excluding hydrogens is 290 g/mol. The summed E-state index contributed by atoms with van der Waals surface area (Å²) in [6.07, 6.45) is 3.43. The lowest BCUT2D eigenvalue weighted by atomic mass is 9.86. The Labute approximate surface area is 130 Å². The number of rotatable bonds is 6. The average molecular weight is 312 g/mol. The molecule has 2 rings (SSSR count). The first-order valence-corrected chi connectivity index (χ1v) is 7.81. The predicted molar refractivity (Wildman–Crippen MR) is 82.9 cm³/mol. The molecule has 1 saturated carbocycles. The topological polar surface area (TPSA) is 58.6 Å². The fraction of sp³-hybridized carbons (Fsp3) is 0.562. The maximum absolute atomic E-state index is 10.9. The molecule has 4 nitrogen and oxygen atoms in total. The highest BCUT2D eigenvalue weighted by Gasteiger charge is 2.25. The minimum Gasteiger partial charge on any atom is -0.489 e. The molecule has 116 valence electrons. The second-order valence-electron chi connectivity index (χ2n) is 5.68. The Kier molecular flexibility index (Phi) is 5.88. The molecule has 0 spiro atoms. The third kappa shape index (κ3) is 5.21. The van der Waals surface area contributed by atoms with E-state index in [2.05, 4.69) is 5.32 Å². The Morgan fingerprint density at radius 2 is 1.95 bits per heavy atom. The summed E-state index contributed by atoms with van der Waals surface area (Å²) in [5.41, 5.74) is 0. The van der Waals surface area contributed by atoms with Crippen molar-refractivity contribution in [1.82, 2.24) is 5.32 Å². The zero-order chi connectivity index (χ0) is 15.2. The van der Waals surface area contributed by atoms with Crippen LogP contribution in [0.25, 0.3) is 0 Å². The van der Waals surface area contributed by atoms with Crippen LogP contribution in [0.2, 0.25) is 5.02 Å². The van der Waals surface area contributed by atoms with Crippen molar-refractivity contribution >= 4 is 17.6 Å². The molecule has 1 fully saturated rings. The van der Waals surface area contributed by atoms with Crippen LogP contribution in [0.1, 0.15) is 32.6 Å². The van der Waals surface area contributed by atoms with Gasteiger partial charge in [0.25, 0.3) is 0 Å². The van der Waals surface area contributed by atoms with E-state index in [9.17, 15) is 4.79 Å². The van der Waals surface area contributed by atoms with Gasteiger partial charge in [-0.05, 0) is 56.9 Å². The van der Waals surface area contributed by atoms with E-state index in [0.717, 1.165) is 38.0 Å². The van der Waals surface area contributed by atoms with Gasteiger partial charge in [-0.2, -0.15) is 0 Å². The molecule has 1 unspecified atom stereocenters. The summed E-state index contributed by atoms with van der Waals surface area (Å²) in [7, 11) is 0. The quantitative estimate of drug-likeness (QED) is 0.846. The summed E-state index contributed by atoms with van der Waals surface area (Å²) < 4.78 is 5.80. The van der Waals surface area contributed by atoms with E-state index in [1.165, 1.54) is 0 Å². The fourth-order valence-electron chi connectivity index (χ4n) is 2.66. The number of hydrogen-bond donors (Lipinski definition) is 2. The van der Waals surface area contributed by atoms with E-state index < -0.39 is 5.97 Å². The van der Waals surface area contributed by atoms with E-state index in [0.29, 0.717) is 11.1 Å². The zero-order valence-corrected chi connectivity index (χ0v) is 13.0. The smallest absolute Gasteiger partial charge is 0.306 e. The van der Waals surface area contributed by atoms with Crippen molar-refractivity contribution in [3.05, 3.63) is 29.3 Å². The highest BCUT2D eigenvalue weighted by Crippen LogP contribution is 2.24. The summed E-state index contributed by atoms with van der Waals surface area (Å²) in [6.45, 7) is 2.77. The molecule has 0 heterocycles. The number of aliphatic carboxylic acids is 1. The van der Waals surface area contributed by atoms with E-state index in [4.69, 9.17) is 21.4 Å². The Morgan fingerprint density at radius 3 is 2.52 bits per heavy atom. The zero-order valence-electron chi connectivity index (χ0n) is 12.2. The SMILES string of the molecule is CC(CNC1CCC(C(=O)O)CC1)Oc1ccc(Cl)cc1. The molecule has 0 saturated heterocycles. The maximum atomic E-state index is 10.9. The molecule has 1 aliphatic carbocycles. The van der Waals surface area contributed by atoms with Crippen LogP contribution in [0.4, 0.5) is 0 Å². The number of carbonyl (C=O) groups is 1. The normalized spacial score (nSPS) is 23.5. The Bertz CT molecular complexity index is 455. The number of benzene rings is 1. The molecule has 0 aromatic heterocycles. The molecule has 1 atom stereocenters. The molecule has 1 aliphatic rings. The number of carboxylic acid groups (broad SMARTS) is 1. The van der Waals surface area contributed by atoms with E-state index in [-0.39, 0.29) is 12.0 Å². The molecule has 5 heteroatoms. The summed E-state index contributed by atoms with van der Waals surface area (Å²) in [6, 6.07) is 7.74. The third-order valence-electron chi connectivity index (χ3n) is 3.92. The van der Waals surface area contributed by atoms with Gasteiger partial charge in [0.15, 0.2) is 0 Å². The van der Waals surface area contributed by atoms with Crippen molar-refractivity contribution in [2.75, 3.05) is 6.54 Å². The monoisotopic (exact) mass is 311 g/mol. The lowest BCUT2D eigenvalue weighted by Crippen LogP contribution is -2.39. The van der Waals surface area contributed by atoms with Gasteiger partial charge in [0.2, 0.25) is 0 Å². The first kappa shape index (κ1) is 16.1. The molecular formula is C16H22ClNO3. The fourth-order valence-corrected chi connectivity index (χ4v) is 2.79. The van der Waals surface area contributed by atoms with Crippen LogP contribution in [0.15, 0.2) is 24.3 Å². The van der Waals surface area contributed by atoms with Gasteiger partial charge in [-0.3, -0.25) is 4.79 Å². The van der Waals surface area contributed by atoms with Crippen LogP contribution >= 0.6 is 11.6 Å². The number of ether oxygens (including phenoxy) is 1. The lowest BCUT2D eigenvalue weighted by Gasteiger charge is -2.28. The number of carboxylic acids is 1. The molecule has 0 amide bonds. The summed E-state index contributed by atoms with van der Waals surface area (Å²) in [5, 5.41) is 13.1. The van der Waals surface area contributed by atoms with Gasteiger partial charge in [-0.15, -0.1) is 0 Å². The maximum Gasteiger partial charge on any atom is 0.306 e. The highest BCUT2D eigenvalue weighted by molar-refractivity contribution is 6.30. The Balaban J connectivity index is 1.68. The highest BCUT2D eigenvalue weighted by atomic mass is 35.5. The first-order chi connectivity index (χ1) is 10.0. The number of nitrogens with one attached hydrogen (secondary N) is 1. The predicted octanol–water partition coefficient (Wildman–Crippen LogP) is 3.34. The Morgan fingerprint density at radius 1 is 1.33 bits per heavy atom. The van der Waals surface area contributed by atoms with Gasteiger partial charge >= 0.3 is 5.97 Å². The minimum atomic E-state index is -0.659. The van der Waals surface area contributed by atoms with Crippen LogP contribution in [-0.4, -0.2) is 29.8 Å². The molecule has 0 radical (unpaired) electrons. The van der Waals surface area contributed by atoms with Crippen molar-refractivity contribution in [2.45, 2.75) is 44.8 Å². The first-order valence-electron chi connectivity index (χ1n) is 7.43. The van der Waals surface area contributed by atoms with Gasteiger partial charge in [-0.25, -0.2) is 0 Å². The van der Waals surface area contributed by atoms with Gasteiger partial charge < -0.3 is 15.2 Å². The molecule has 1 aromatic rings. The summed E-state index contributed by atoms with van der Waals surface area (Å²) in [4.78, 5) is 10.9. The molecule has 1 aromatic carbocycles. The van der Waals surface area contributed by atoms with Crippen LogP contribution in [0.3, 0.4) is 0 Å². The second kappa shape index (κ2) is 7.66. The number of halogens is 1. The second-order valence-corrected chi connectivity index (χ2v) is 6.11. The number of hydrogen-bond acceptors (Lipinski definition) is 3. The third-order valence-corrected chi connectivity index (χ3v) is 4.17.